The highest BCUT2D eigenvalue weighted by molar-refractivity contribution is 6.07. The van der Waals surface area contributed by atoms with Gasteiger partial charge in [-0.1, -0.05) is 35.9 Å². The van der Waals surface area contributed by atoms with Gasteiger partial charge in [-0.15, -0.1) is 0 Å². The Labute approximate surface area is 135 Å². The molecule has 0 aromatic heterocycles. The molecule has 120 valence electrons. The van der Waals surface area contributed by atoms with Crippen LogP contribution in [0.15, 0.2) is 42.5 Å². The number of hydrogen-bond acceptors (Lipinski definition) is 4. The van der Waals surface area contributed by atoms with Gasteiger partial charge in [0.2, 0.25) is 0 Å². The van der Waals surface area contributed by atoms with Gasteiger partial charge in [0.15, 0.2) is 17.3 Å². The zero-order valence-corrected chi connectivity index (χ0v) is 13.3. The number of benzene rings is 2. The predicted molar refractivity (Wildman–Crippen MR) is 88.1 cm³/mol. The average molecular weight is 312 g/mol. The molecule has 2 rings (SSSR count). The largest absolute Gasteiger partial charge is 0.504 e. The predicted octanol–water partition coefficient (Wildman–Crippen LogP) is 3.48. The van der Waals surface area contributed by atoms with Crippen molar-refractivity contribution in [3.05, 3.63) is 59.2 Å². The molecule has 4 heteroatoms. The summed E-state index contributed by atoms with van der Waals surface area (Å²) in [6.45, 7) is 1.95. The van der Waals surface area contributed by atoms with Gasteiger partial charge < -0.3 is 9.84 Å². The third-order valence-electron chi connectivity index (χ3n) is 3.67. The zero-order chi connectivity index (χ0) is 16.8. The quantitative estimate of drug-likeness (QED) is 0.628. The van der Waals surface area contributed by atoms with E-state index in [9.17, 15) is 14.7 Å². The highest BCUT2D eigenvalue weighted by Crippen LogP contribution is 2.26. The SMILES string of the molecule is COc1cc(CCC(=O)CC(=O)c2ccc(C)cc2)ccc1O. The number of aromatic hydroxyl groups is 1. The minimum atomic E-state index is -0.154. The van der Waals surface area contributed by atoms with E-state index >= 15 is 0 Å². The zero-order valence-electron chi connectivity index (χ0n) is 13.3. The Morgan fingerprint density at radius 3 is 2.43 bits per heavy atom. The van der Waals surface area contributed by atoms with Gasteiger partial charge in [0, 0.05) is 12.0 Å². The molecule has 0 bridgehead atoms. The number of aryl methyl sites for hydroxylation is 2. The van der Waals surface area contributed by atoms with Crippen LogP contribution in [0, 0.1) is 6.92 Å². The fourth-order valence-electron chi connectivity index (χ4n) is 2.27. The van der Waals surface area contributed by atoms with Crippen LogP contribution in [0.5, 0.6) is 11.5 Å². The molecule has 0 aliphatic heterocycles. The van der Waals surface area contributed by atoms with Crippen LogP contribution in [-0.2, 0) is 11.2 Å². The van der Waals surface area contributed by atoms with E-state index in [2.05, 4.69) is 0 Å². The average Bonchev–Trinajstić information content (AvgIpc) is 2.54. The van der Waals surface area contributed by atoms with Crippen LogP contribution in [0.4, 0.5) is 0 Å². The van der Waals surface area contributed by atoms with Crippen molar-refractivity contribution in [1.29, 1.82) is 0 Å². The Morgan fingerprint density at radius 2 is 1.78 bits per heavy atom. The molecule has 1 N–H and O–H groups in total. The molecule has 4 nitrogen and oxygen atoms in total. The highest BCUT2D eigenvalue weighted by atomic mass is 16.5. The van der Waals surface area contributed by atoms with Gasteiger partial charge in [-0.25, -0.2) is 0 Å². The summed E-state index contributed by atoms with van der Waals surface area (Å²) in [7, 11) is 1.48. The number of ketones is 2. The molecule has 0 saturated heterocycles. The first-order valence-electron chi connectivity index (χ1n) is 7.47. The second-order valence-electron chi connectivity index (χ2n) is 5.51. The number of carbonyl (C=O) groups is 2. The normalized spacial score (nSPS) is 10.3. The number of hydrogen-bond donors (Lipinski definition) is 1. The van der Waals surface area contributed by atoms with E-state index in [1.54, 1.807) is 24.3 Å². The first-order valence-corrected chi connectivity index (χ1v) is 7.47. The number of phenols is 1. The van der Waals surface area contributed by atoms with Crippen molar-refractivity contribution in [3.63, 3.8) is 0 Å². The van der Waals surface area contributed by atoms with Crippen LogP contribution in [0.3, 0.4) is 0 Å². The molecular weight excluding hydrogens is 292 g/mol. The van der Waals surface area contributed by atoms with Gasteiger partial charge in [-0.05, 0) is 31.0 Å². The standard InChI is InChI=1S/C19H20O4/c1-13-3-7-15(8-4-13)18(22)12-16(20)9-5-14-6-10-17(21)19(11-14)23-2/h3-4,6-8,10-11,21H,5,9,12H2,1-2H3. The molecule has 0 aliphatic rings. The molecule has 0 fully saturated rings. The first-order chi connectivity index (χ1) is 11.0. The van der Waals surface area contributed by atoms with E-state index in [1.807, 2.05) is 19.1 Å². The summed E-state index contributed by atoms with van der Waals surface area (Å²) >= 11 is 0. The van der Waals surface area contributed by atoms with Crippen molar-refractivity contribution in [1.82, 2.24) is 0 Å². The molecule has 0 saturated carbocycles. The van der Waals surface area contributed by atoms with Crippen molar-refractivity contribution >= 4 is 11.6 Å². The number of carbonyl (C=O) groups excluding carboxylic acids is 2. The molecule has 23 heavy (non-hydrogen) atoms. The molecule has 0 radical (unpaired) electrons. The molecule has 0 spiro atoms. The summed E-state index contributed by atoms with van der Waals surface area (Å²) in [5.41, 5.74) is 2.53. The molecule has 0 amide bonds. The second-order valence-corrected chi connectivity index (χ2v) is 5.51. The van der Waals surface area contributed by atoms with E-state index in [0.29, 0.717) is 17.7 Å². The van der Waals surface area contributed by atoms with Crippen molar-refractivity contribution < 1.29 is 19.4 Å². The third-order valence-corrected chi connectivity index (χ3v) is 3.67. The van der Waals surface area contributed by atoms with E-state index in [-0.39, 0.29) is 30.2 Å². The highest BCUT2D eigenvalue weighted by Gasteiger charge is 2.12. The maximum absolute atomic E-state index is 12.0. The molecule has 2 aromatic rings. The minimum absolute atomic E-state index is 0.0668. The smallest absolute Gasteiger partial charge is 0.170 e. The summed E-state index contributed by atoms with van der Waals surface area (Å²) in [6, 6.07) is 12.2. The first kappa shape index (κ1) is 16.7. The lowest BCUT2D eigenvalue weighted by molar-refractivity contribution is -0.118. The molecule has 0 aliphatic carbocycles. The van der Waals surface area contributed by atoms with E-state index in [0.717, 1.165) is 11.1 Å². The molecular formula is C19H20O4. The van der Waals surface area contributed by atoms with Crippen LogP contribution in [0.1, 0.15) is 34.3 Å². The number of methoxy groups -OCH3 is 1. The van der Waals surface area contributed by atoms with Crippen molar-refractivity contribution in [2.45, 2.75) is 26.2 Å². The van der Waals surface area contributed by atoms with E-state index < -0.39 is 0 Å². The van der Waals surface area contributed by atoms with Crippen LogP contribution >= 0.6 is 0 Å². The summed E-state index contributed by atoms with van der Waals surface area (Å²) < 4.78 is 5.04. The fourth-order valence-corrected chi connectivity index (χ4v) is 2.27. The number of rotatable bonds is 7. The summed E-state index contributed by atoms with van der Waals surface area (Å²) in [5.74, 6) is 0.198. The molecule has 0 heterocycles. The minimum Gasteiger partial charge on any atom is -0.504 e. The monoisotopic (exact) mass is 312 g/mol. The van der Waals surface area contributed by atoms with Gasteiger partial charge in [0.25, 0.3) is 0 Å². The Balaban J connectivity index is 1.90. The van der Waals surface area contributed by atoms with Crippen LogP contribution in [-0.4, -0.2) is 23.8 Å². The van der Waals surface area contributed by atoms with Gasteiger partial charge >= 0.3 is 0 Å². The lowest BCUT2D eigenvalue weighted by Gasteiger charge is -2.06. The lowest BCUT2D eigenvalue weighted by Crippen LogP contribution is -2.09. The Hall–Kier alpha value is -2.62. The molecule has 2 aromatic carbocycles. The Bertz CT molecular complexity index is 702. The van der Waals surface area contributed by atoms with Crippen LogP contribution in [0.25, 0.3) is 0 Å². The van der Waals surface area contributed by atoms with Crippen LogP contribution in [0.2, 0.25) is 0 Å². The Morgan fingerprint density at radius 1 is 1.09 bits per heavy atom. The second kappa shape index (κ2) is 7.58. The van der Waals surface area contributed by atoms with E-state index in [4.69, 9.17) is 4.74 Å². The van der Waals surface area contributed by atoms with Gasteiger partial charge in [-0.2, -0.15) is 0 Å². The fraction of sp³-hybridized carbons (Fsp3) is 0.263. The third kappa shape index (κ3) is 4.68. The number of ether oxygens (including phenoxy) is 1. The van der Waals surface area contributed by atoms with Crippen molar-refractivity contribution in [2.75, 3.05) is 7.11 Å². The van der Waals surface area contributed by atoms with Crippen LogP contribution < -0.4 is 4.74 Å². The van der Waals surface area contributed by atoms with E-state index in [1.165, 1.54) is 13.2 Å². The summed E-state index contributed by atoms with van der Waals surface area (Å²) in [6.07, 6.45) is 0.709. The Kier molecular flexibility index (Phi) is 5.52. The number of Topliss-reactive ketones (excluding diaryl/α,β-unsaturated/α-hetero) is 2. The topological polar surface area (TPSA) is 63.6 Å². The van der Waals surface area contributed by atoms with Crippen molar-refractivity contribution in [2.24, 2.45) is 0 Å². The summed E-state index contributed by atoms with van der Waals surface area (Å²) in [5, 5.41) is 9.54. The van der Waals surface area contributed by atoms with Gasteiger partial charge in [0.1, 0.15) is 5.78 Å². The van der Waals surface area contributed by atoms with Crippen molar-refractivity contribution in [3.8, 4) is 11.5 Å². The molecule has 0 unspecified atom stereocenters. The lowest BCUT2D eigenvalue weighted by atomic mass is 10.0. The molecule has 0 atom stereocenters. The maximum Gasteiger partial charge on any atom is 0.170 e. The van der Waals surface area contributed by atoms with Gasteiger partial charge in [0.05, 0.1) is 13.5 Å². The summed E-state index contributed by atoms with van der Waals surface area (Å²) in [4.78, 5) is 24.0. The number of phenolic OH excluding ortho intramolecular Hbond substituents is 1. The maximum atomic E-state index is 12.0. The van der Waals surface area contributed by atoms with Gasteiger partial charge in [-0.3, -0.25) is 9.59 Å².